The van der Waals surface area contributed by atoms with Crippen molar-refractivity contribution in [2.45, 2.75) is 12.6 Å². The summed E-state index contributed by atoms with van der Waals surface area (Å²) in [5.41, 5.74) is 1.25. The maximum atomic E-state index is 5.97. The predicted molar refractivity (Wildman–Crippen MR) is 70.4 cm³/mol. The van der Waals surface area contributed by atoms with Gasteiger partial charge in [0, 0.05) is 30.7 Å². The van der Waals surface area contributed by atoms with Crippen molar-refractivity contribution < 1.29 is 4.74 Å². The molecule has 1 aromatic rings. The zero-order valence-electron chi connectivity index (χ0n) is 10.2. The average Bonchev–Trinajstić information content (AvgIpc) is 2.30. The zero-order chi connectivity index (χ0) is 12.1. The van der Waals surface area contributed by atoms with Crippen LogP contribution in [0.25, 0.3) is 0 Å². The first-order chi connectivity index (χ1) is 8.24. The summed E-state index contributed by atoms with van der Waals surface area (Å²) < 4.78 is 5.44. The maximum Gasteiger partial charge on any atom is 0.0632 e. The average molecular weight is 255 g/mol. The van der Waals surface area contributed by atoms with Gasteiger partial charge in [-0.3, -0.25) is 0 Å². The van der Waals surface area contributed by atoms with Crippen LogP contribution >= 0.6 is 11.6 Å². The Labute approximate surface area is 108 Å². The van der Waals surface area contributed by atoms with Crippen LogP contribution in [0.1, 0.15) is 5.56 Å². The number of hydrogen-bond acceptors (Lipinski definition) is 3. The van der Waals surface area contributed by atoms with E-state index in [0.29, 0.717) is 6.04 Å². The number of rotatable bonds is 4. The summed E-state index contributed by atoms with van der Waals surface area (Å²) in [6.07, 6.45) is 0. The highest BCUT2D eigenvalue weighted by Gasteiger charge is 2.14. The molecule has 1 atom stereocenters. The Balaban J connectivity index is 1.82. The van der Waals surface area contributed by atoms with Crippen LogP contribution in [-0.2, 0) is 11.3 Å². The monoisotopic (exact) mass is 254 g/mol. The van der Waals surface area contributed by atoms with E-state index in [-0.39, 0.29) is 0 Å². The van der Waals surface area contributed by atoms with Gasteiger partial charge < -0.3 is 15.0 Å². The van der Waals surface area contributed by atoms with Gasteiger partial charge in [-0.1, -0.05) is 23.7 Å². The third kappa shape index (κ3) is 4.28. The molecule has 0 saturated carbocycles. The lowest BCUT2D eigenvalue weighted by Gasteiger charge is -2.28. The summed E-state index contributed by atoms with van der Waals surface area (Å²) in [4.78, 5) is 2.29. The molecule has 0 aromatic heterocycles. The van der Waals surface area contributed by atoms with Gasteiger partial charge >= 0.3 is 0 Å². The summed E-state index contributed by atoms with van der Waals surface area (Å²) >= 11 is 5.97. The van der Waals surface area contributed by atoms with Crippen molar-refractivity contribution in [1.82, 2.24) is 10.2 Å². The fourth-order valence-corrected chi connectivity index (χ4v) is 2.34. The first-order valence-electron chi connectivity index (χ1n) is 5.98. The number of likely N-dealkylation sites (N-methyl/N-ethyl adjacent to an activating group) is 1. The molecule has 1 aliphatic heterocycles. The summed E-state index contributed by atoms with van der Waals surface area (Å²) in [6, 6.07) is 8.46. The van der Waals surface area contributed by atoms with Gasteiger partial charge in [0.05, 0.1) is 13.2 Å². The Bertz CT molecular complexity index is 353. The lowest BCUT2D eigenvalue weighted by atomic mass is 10.2. The first-order valence-corrected chi connectivity index (χ1v) is 6.36. The summed E-state index contributed by atoms with van der Waals surface area (Å²) in [7, 11) is 2.12. The van der Waals surface area contributed by atoms with Gasteiger partial charge in [0.2, 0.25) is 0 Å². The number of nitrogens with one attached hydrogen (secondary N) is 1. The number of nitrogens with zero attached hydrogens (tertiary/aromatic N) is 1. The summed E-state index contributed by atoms with van der Waals surface area (Å²) in [5, 5.41) is 4.26. The second kappa shape index (κ2) is 6.36. The molecule has 0 amide bonds. The van der Waals surface area contributed by atoms with E-state index >= 15 is 0 Å². The second-order valence-electron chi connectivity index (χ2n) is 4.55. The molecule has 0 aliphatic carbocycles. The van der Waals surface area contributed by atoms with Crippen molar-refractivity contribution in [3.05, 3.63) is 34.9 Å². The molecule has 0 spiro atoms. The van der Waals surface area contributed by atoms with Gasteiger partial charge in [-0.15, -0.1) is 0 Å². The first kappa shape index (κ1) is 12.8. The number of morpholine rings is 1. The zero-order valence-corrected chi connectivity index (χ0v) is 10.9. The molecule has 1 heterocycles. The van der Waals surface area contributed by atoms with Gasteiger partial charge in [-0.25, -0.2) is 0 Å². The van der Waals surface area contributed by atoms with Crippen molar-refractivity contribution in [3.63, 3.8) is 0 Å². The lowest BCUT2D eigenvalue weighted by molar-refractivity contribution is 0.0645. The standard InChI is InChI=1S/C13H19ClN2O/c1-16(9-13-10-17-6-5-15-13)8-11-3-2-4-12(14)7-11/h2-4,7,13,15H,5-6,8-10H2,1H3. The molecule has 1 aromatic carbocycles. The van der Waals surface area contributed by atoms with E-state index in [1.54, 1.807) is 0 Å². The molecule has 1 unspecified atom stereocenters. The second-order valence-corrected chi connectivity index (χ2v) is 4.99. The molecule has 4 heteroatoms. The van der Waals surface area contributed by atoms with Gasteiger partial charge in [-0.05, 0) is 24.7 Å². The van der Waals surface area contributed by atoms with Crippen LogP contribution in [0, 0.1) is 0 Å². The van der Waals surface area contributed by atoms with Crippen molar-refractivity contribution in [2.24, 2.45) is 0 Å². The minimum Gasteiger partial charge on any atom is -0.378 e. The van der Waals surface area contributed by atoms with Gasteiger partial charge in [0.15, 0.2) is 0 Å². The van der Waals surface area contributed by atoms with Crippen molar-refractivity contribution >= 4 is 11.6 Å². The minimum absolute atomic E-state index is 0.438. The Kier molecular flexibility index (Phi) is 4.80. The van der Waals surface area contributed by atoms with E-state index in [1.165, 1.54) is 5.56 Å². The molecule has 2 rings (SSSR count). The SMILES string of the molecule is CN(Cc1cccc(Cl)c1)CC1COCCN1. The molecule has 0 radical (unpaired) electrons. The highest BCUT2D eigenvalue weighted by molar-refractivity contribution is 6.30. The van der Waals surface area contributed by atoms with E-state index in [1.807, 2.05) is 18.2 Å². The Morgan fingerprint density at radius 2 is 2.41 bits per heavy atom. The smallest absolute Gasteiger partial charge is 0.0632 e. The molecular weight excluding hydrogens is 236 g/mol. The number of ether oxygens (including phenoxy) is 1. The molecule has 3 nitrogen and oxygen atoms in total. The van der Waals surface area contributed by atoms with Crippen LogP contribution < -0.4 is 5.32 Å². The quantitative estimate of drug-likeness (QED) is 0.886. The molecule has 1 saturated heterocycles. The van der Waals surface area contributed by atoms with Crippen LogP contribution in [0.4, 0.5) is 0 Å². The fourth-order valence-electron chi connectivity index (χ4n) is 2.12. The van der Waals surface area contributed by atoms with Gasteiger partial charge in [-0.2, -0.15) is 0 Å². The van der Waals surface area contributed by atoms with Crippen LogP contribution in [-0.4, -0.2) is 44.3 Å². The normalized spacial score (nSPS) is 20.8. The van der Waals surface area contributed by atoms with Gasteiger partial charge in [0.25, 0.3) is 0 Å². The molecule has 1 aliphatic rings. The number of benzene rings is 1. The topological polar surface area (TPSA) is 24.5 Å². The molecule has 17 heavy (non-hydrogen) atoms. The highest BCUT2D eigenvalue weighted by atomic mass is 35.5. The molecule has 0 bridgehead atoms. The Morgan fingerprint density at radius 1 is 1.53 bits per heavy atom. The van der Waals surface area contributed by atoms with Crippen LogP contribution in [0.15, 0.2) is 24.3 Å². The Morgan fingerprint density at radius 3 is 3.12 bits per heavy atom. The van der Waals surface area contributed by atoms with E-state index in [0.717, 1.165) is 37.9 Å². The third-order valence-corrected chi connectivity index (χ3v) is 3.11. The van der Waals surface area contributed by atoms with E-state index < -0.39 is 0 Å². The molecular formula is C13H19ClN2O. The van der Waals surface area contributed by atoms with Crippen LogP contribution in [0.5, 0.6) is 0 Å². The van der Waals surface area contributed by atoms with Crippen molar-refractivity contribution in [1.29, 1.82) is 0 Å². The number of halogens is 1. The molecule has 1 fully saturated rings. The van der Waals surface area contributed by atoms with E-state index in [2.05, 4.69) is 23.3 Å². The van der Waals surface area contributed by atoms with Crippen LogP contribution in [0.3, 0.4) is 0 Å². The van der Waals surface area contributed by atoms with Gasteiger partial charge in [0.1, 0.15) is 0 Å². The van der Waals surface area contributed by atoms with Crippen molar-refractivity contribution in [3.8, 4) is 0 Å². The fraction of sp³-hybridized carbons (Fsp3) is 0.538. The minimum atomic E-state index is 0.438. The van der Waals surface area contributed by atoms with Crippen molar-refractivity contribution in [2.75, 3.05) is 33.4 Å². The van der Waals surface area contributed by atoms with Crippen LogP contribution in [0.2, 0.25) is 5.02 Å². The highest BCUT2D eigenvalue weighted by Crippen LogP contribution is 2.12. The Hall–Kier alpha value is -0.610. The molecule has 94 valence electrons. The predicted octanol–water partition coefficient (Wildman–Crippen LogP) is 1.76. The lowest BCUT2D eigenvalue weighted by Crippen LogP contribution is -2.47. The molecule has 1 N–H and O–H groups in total. The largest absolute Gasteiger partial charge is 0.378 e. The summed E-state index contributed by atoms with van der Waals surface area (Å²) in [6.45, 7) is 4.50. The maximum absolute atomic E-state index is 5.97. The van der Waals surface area contributed by atoms with E-state index in [4.69, 9.17) is 16.3 Å². The number of hydrogen-bond donors (Lipinski definition) is 1. The summed E-state index contributed by atoms with van der Waals surface area (Å²) in [5.74, 6) is 0. The van der Waals surface area contributed by atoms with E-state index in [9.17, 15) is 0 Å². The third-order valence-electron chi connectivity index (χ3n) is 2.87.